The van der Waals surface area contributed by atoms with Gasteiger partial charge in [0.05, 0.1) is 18.7 Å². The Bertz CT molecular complexity index is 714. The van der Waals surface area contributed by atoms with E-state index < -0.39 is 0 Å². The number of hydrogen-bond acceptors (Lipinski definition) is 6. The number of carbonyl (C=O) groups is 2. The second-order valence-corrected chi connectivity index (χ2v) is 7.08. The molecule has 3 heterocycles. The molecule has 134 valence electrons. The molecule has 3 rings (SSSR count). The van der Waals surface area contributed by atoms with Gasteiger partial charge in [-0.05, 0) is 24.3 Å². The van der Waals surface area contributed by atoms with E-state index in [1.807, 2.05) is 17.5 Å². The topological polar surface area (TPSA) is 106 Å². The molecule has 0 aliphatic carbocycles. The van der Waals surface area contributed by atoms with E-state index in [0.29, 0.717) is 38.4 Å². The maximum absolute atomic E-state index is 12.7. The minimum absolute atomic E-state index is 0.0377. The molecule has 1 aliphatic heterocycles. The van der Waals surface area contributed by atoms with Crippen LogP contribution in [0.1, 0.15) is 28.2 Å². The maximum Gasteiger partial charge on any atom is 0.276 e. The summed E-state index contributed by atoms with van der Waals surface area (Å²) in [4.78, 5) is 27.6. The number of hydrogen-bond donors (Lipinski definition) is 2. The van der Waals surface area contributed by atoms with Crippen molar-refractivity contribution >= 4 is 23.2 Å². The van der Waals surface area contributed by atoms with Gasteiger partial charge in [-0.25, -0.2) is 4.68 Å². The summed E-state index contributed by atoms with van der Waals surface area (Å²) in [6, 6.07) is 4.00. The van der Waals surface area contributed by atoms with E-state index in [1.165, 1.54) is 0 Å². The van der Waals surface area contributed by atoms with Gasteiger partial charge in [-0.1, -0.05) is 11.3 Å². The summed E-state index contributed by atoms with van der Waals surface area (Å²) < 4.78 is 1.66. The normalized spacial score (nSPS) is 17.5. The molecule has 2 aromatic rings. The first-order valence-corrected chi connectivity index (χ1v) is 9.25. The van der Waals surface area contributed by atoms with Crippen LogP contribution in [0.3, 0.4) is 0 Å². The lowest BCUT2D eigenvalue weighted by molar-refractivity contribution is -0.126. The highest BCUT2D eigenvalue weighted by Crippen LogP contribution is 2.18. The van der Waals surface area contributed by atoms with E-state index in [1.54, 1.807) is 27.1 Å². The molecule has 3 N–H and O–H groups in total. The van der Waals surface area contributed by atoms with E-state index in [0.717, 1.165) is 17.7 Å². The Labute approximate surface area is 150 Å². The largest absolute Gasteiger partial charge is 0.355 e. The lowest BCUT2D eigenvalue weighted by Gasteiger charge is -2.31. The number of nitrogens with one attached hydrogen (secondary N) is 1. The van der Waals surface area contributed by atoms with Gasteiger partial charge in [0.15, 0.2) is 5.69 Å². The maximum atomic E-state index is 12.7. The molecule has 8 nitrogen and oxygen atoms in total. The van der Waals surface area contributed by atoms with E-state index in [9.17, 15) is 9.59 Å². The second kappa shape index (κ2) is 8.21. The number of carbonyl (C=O) groups excluding carboxylic acids is 2. The van der Waals surface area contributed by atoms with Gasteiger partial charge in [-0.15, -0.1) is 16.4 Å². The quantitative estimate of drug-likeness (QED) is 0.769. The average Bonchev–Trinajstić information content (AvgIpc) is 3.31. The van der Waals surface area contributed by atoms with Gasteiger partial charge < -0.3 is 16.0 Å². The van der Waals surface area contributed by atoms with E-state index in [-0.39, 0.29) is 17.7 Å². The molecule has 1 unspecified atom stereocenters. The Balaban J connectivity index is 1.60. The molecule has 0 spiro atoms. The zero-order valence-corrected chi connectivity index (χ0v) is 14.7. The molecule has 0 bridgehead atoms. The molecule has 0 saturated carbocycles. The predicted octanol–water partition coefficient (Wildman–Crippen LogP) is 0.315. The number of rotatable bonds is 6. The highest BCUT2D eigenvalue weighted by atomic mass is 32.1. The summed E-state index contributed by atoms with van der Waals surface area (Å²) in [5.74, 6) is -0.400. The molecule has 2 aromatic heterocycles. The van der Waals surface area contributed by atoms with Crippen molar-refractivity contribution < 1.29 is 9.59 Å². The second-order valence-electron chi connectivity index (χ2n) is 6.05. The SMILES string of the molecule is NCCNC(=O)C1CCCN(C(=O)c2cn(Cc3cccs3)nn2)C1. The Kier molecular flexibility index (Phi) is 5.77. The number of piperidine rings is 1. The van der Waals surface area contributed by atoms with Crippen molar-refractivity contribution in [1.29, 1.82) is 0 Å². The number of nitrogens with two attached hydrogens (primary N) is 1. The molecule has 2 amide bonds. The fraction of sp³-hybridized carbons (Fsp3) is 0.500. The van der Waals surface area contributed by atoms with Crippen LogP contribution in [0.2, 0.25) is 0 Å². The molecule has 25 heavy (non-hydrogen) atoms. The molecule has 0 aromatic carbocycles. The highest BCUT2D eigenvalue weighted by molar-refractivity contribution is 7.09. The van der Waals surface area contributed by atoms with Crippen molar-refractivity contribution in [1.82, 2.24) is 25.2 Å². The Morgan fingerprint density at radius 1 is 1.44 bits per heavy atom. The van der Waals surface area contributed by atoms with Gasteiger partial charge in [0.2, 0.25) is 5.91 Å². The molecule has 1 saturated heterocycles. The fourth-order valence-electron chi connectivity index (χ4n) is 2.91. The summed E-state index contributed by atoms with van der Waals surface area (Å²) in [7, 11) is 0. The third-order valence-corrected chi connectivity index (χ3v) is 5.04. The fourth-order valence-corrected chi connectivity index (χ4v) is 3.61. The lowest BCUT2D eigenvalue weighted by atomic mass is 9.97. The van der Waals surface area contributed by atoms with Crippen LogP contribution in [0.4, 0.5) is 0 Å². The molecular formula is C16H22N6O2S. The van der Waals surface area contributed by atoms with Crippen LogP contribution in [0.15, 0.2) is 23.7 Å². The minimum atomic E-state index is -0.189. The summed E-state index contributed by atoms with van der Waals surface area (Å²) >= 11 is 1.64. The lowest BCUT2D eigenvalue weighted by Crippen LogP contribution is -2.46. The third kappa shape index (κ3) is 4.43. The molecule has 1 aliphatic rings. The van der Waals surface area contributed by atoms with Crippen molar-refractivity contribution in [2.45, 2.75) is 19.4 Å². The van der Waals surface area contributed by atoms with Gasteiger partial charge in [0.25, 0.3) is 5.91 Å². The van der Waals surface area contributed by atoms with Gasteiger partial charge in [-0.2, -0.15) is 0 Å². The average molecular weight is 362 g/mol. The van der Waals surface area contributed by atoms with Crippen molar-refractivity contribution in [2.75, 3.05) is 26.2 Å². The standard InChI is InChI=1S/C16H22N6O2S/c17-5-6-18-15(23)12-3-1-7-21(9-12)16(24)14-11-22(20-19-14)10-13-4-2-8-25-13/h2,4,8,11-12H,1,3,5-7,9-10,17H2,(H,18,23). The monoisotopic (exact) mass is 362 g/mol. The zero-order chi connectivity index (χ0) is 17.6. The van der Waals surface area contributed by atoms with Crippen LogP contribution >= 0.6 is 11.3 Å². The summed E-state index contributed by atoms with van der Waals surface area (Å²) in [5.41, 5.74) is 5.73. The number of likely N-dealkylation sites (tertiary alicyclic amines) is 1. The molecular weight excluding hydrogens is 340 g/mol. The third-order valence-electron chi connectivity index (χ3n) is 4.18. The number of thiophene rings is 1. The van der Waals surface area contributed by atoms with Crippen molar-refractivity contribution in [3.63, 3.8) is 0 Å². The van der Waals surface area contributed by atoms with Crippen LogP contribution < -0.4 is 11.1 Å². The molecule has 1 fully saturated rings. The van der Waals surface area contributed by atoms with Crippen molar-refractivity contribution in [2.24, 2.45) is 11.7 Å². The minimum Gasteiger partial charge on any atom is -0.355 e. The number of aromatic nitrogens is 3. The number of nitrogens with zero attached hydrogens (tertiary/aromatic N) is 4. The Morgan fingerprint density at radius 2 is 2.32 bits per heavy atom. The van der Waals surface area contributed by atoms with Gasteiger partial charge in [0, 0.05) is 31.1 Å². The van der Waals surface area contributed by atoms with Gasteiger partial charge >= 0.3 is 0 Å². The van der Waals surface area contributed by atoms with E-state index >= 15 is 0 Å². The summed E-state index contributed by atoms with van der Waals surface area (Å²) in [6.07, 6.45) is 3.25. The van der Waals surface area contributed by atoms with Crippen LogP contribution in [-0.4, -0.2) is 57.9 Å². The molecule has 9 heteroatoms. The molecule has 0 radical (unpaired) electrons. The van der Waals surface area contributed by atoms with Crippen LogP contribution in [0, 0.1) is 5.92 Å². The van der Waals surface area contributed by atoms with Crippen molar-refractivity contribution in [3.05, 3.63) is 34.3 Å². The van der Waals surface area contributed by atoms with Gasteiger partial charge in [-0.3, -0.25) is 9.59 Å². The van der Waals surface area contributed by atoms with Crippen LogP contribution in [0.25, 0.3) is 0 Å². The highest BCUT2D eigenvalue weighted by Gasteiger charge is 2.29. The zero-order valence-electron chi connectivity index (χ0n) is 13.9. The van der Waals surface area contributed by atoms with Crippen LogP contribution in [0.5, 0.6) is 0 Å². The molecule has 1 atom stereocenters. The first-order chi connectivity index (χ1) is 12.2. The van der Waals surface area contributed by atoms with Gasteiger partial charge in [0.1, 0.15) is 0 Å². The first kappa shape index (κ1) is 17.6. The summed E-state index contributed by atoms with van der Waals surface area (Å²) in [5, 5.41) is 12.8. The van der Waals surface area contributed by atoms with E-state index in [2.05, 4.69) is 15.6 Å². The Hall–Kier alpha value is -2.26. The predicted molar refractivity (Wildman–Crippen MR) is 94.1 cm³/mol. The van der Waals surface area contributed by atoms with Crippen LogP contribution in [-0.2, 0) is 11.3 Å². The first-order valence-electron chi connectivity index (χ1n) is 8.37. The van der Waals surface area contributed by atoms with Crippen molar-refractivity contribution in [3.8, 4) is 0 Å². The number of amides is 2. The summed E-state index contributed by atoms with van der Waals surface area (Å²) in [6.45, 7) is 2.52. The Morgan fingerprint density at radius 3 is 3.08 bits per heavy atom. The van der Waals surface area contributed by atoms with E-state index in [4.69, 9.17) is 5.73 Å². The smallest absolute Gasteiger partial charge is 0.276 e.